The molecule has 0 aliphatic rings. The van der Waals surface area contributed by atoms with Crippen LogP contribution >= 0.6 is 45.3 Å². The van der Waals surface area contributed by atoms with E-state index in [1.165, 1.54) is 235 Å². The van der Waals surface area contributed by atoms with Gasteiger partial charge in [-0.25, -0.2) is 0 Å². The van der Waals surface area contributed by atoms with Gasteiger partial charge in [0.05, 0.1) is 44.1 Å². The lowest BCUT2D eigenvalue weighted by molar-refractivity contribution is 1.13. The van der Waals surface area contributed by atoms with Crippen LogP contribution in [0.15, 0.2) is 425 Å². The van der Waals surface area contributed by atoms with Gasteiger partial charge in [0.15, 0.2) is 0 Å². The van der Waals surface area contributed by atoms with Crippen LogP contribution in [-0.4, -0.2) is 18.3 Å². The molecule has 0 spiro atoms. The van der Waals surface area contributed by atoms with Gasteiger partial charge in [0.25, 0.3) is 0 Å². The molecule has 19 aromatic carbocycles. The molecule has 0 fully saturated rings. The number of nitrogens with zero attached hydrogens (tertiary/aromatic N) is 4. The molecule has 0 aliphatic carbocycles. The van der Waals surface area contributed by atoms with Crippen LogP contribution in [0.25, 0.3) is 235 Å². The fraction of sp³-hybridized carbons (Fsp3) is 0. The molecule has 4 nitrogen and oxygen atoms in total. The van der Waals surface area contributed by atoms with Gasteiger partial charge in [0, 0.05) is 147 Å². The fourth-order valence-electron chi connectivity index (χ4n) is 19.3. The molecule has 27 aromatic rings. The molecule has 570 valence electrons. The number of hydrogen-bond donors (Lipinski definition) is 0. The van der Waals surface area contributed by atoms with Gasteiger partial charge in [-0.05, 0) is 208 Å². The Bertz CT molecular complexity index is 8780. The van der Waals surface area contributed by atoms with Crippen LogP contribution in [-0.2, 0) is 0 Å². The molecule has 0 atom stereocenters. The average Bonchev–Trinajstić information content (AvgIpc) is 1.58. The minimum atomic E-state index is 1.17. The average molecular weight is 1620 g/mol. The molecular formula is C114H70N4S4. The van der Waals surface area contributed by atoms with Gasteiger partial charge in [-0.3, -0.25) is 0 Å². The van der Waals surface area contributed by atoms with E-state index >= 15 is 0 Å². The number of para-hydroxylation sites is 5. The summed E-state index contributed by atoms with van der Waals surface area (Å²) in [6.07, 6.45) is 0. The second-order valence-electron chi connectivity index (χ2n) is 31.8. The van der Waals surface area contributed by atoms with Crippen molar-refractivity contribution in [2.75, 3.05) is 0 Å². The van der Waals surface area contributed by atoms with E-state index in [9.17, 15) is 0 Å². The lowest BCUT2D eigenvalue weighted by Crippen LogP contribution is -1.98. The van der Waals surface area contributed by atoms with E-state index in [0.717, 1.165) is 0 Å². The zero-order chi connectivity index (χ0) is 80.0. The van der Waals surface area contributed by atoms with Gasteiger partial charge in [-0.15, -0.1) is 45.3 Å². The van der Waals surface area contributed by atoms with E-state index in [1.54, 1.807) is 0 Å². The normalized spacial score (nSPS) is 11.9. The summed E-state index contributed by atoms with van der Waals surface area (Å²) in [4.78, 5) is 0. The van der Waals surface area contributed by atoms with Gasteiger partial charge in [-0.1, -0.05) is 261 Å². The monoisotopic (exact) mass is 1620 g/mol. The molecule has 0 N–H and O–H groups in total. The Morgan fingerprint density at radius 2 is 0.369 bits per heavy atom. The third-order valence-corrected chi connectivity index (χ3v) is 29.4. The van der Waals surface area contributed by atoms with E-state index in [0.29, 0.717) is 0 Å². The molecule has 27 rings (SSSR count). The highest BCUT2D eigenvalue weighted by atomic mass is 32.1. The molecule has 8 heterocycles. The highest BCUT2D eigenvalue weighted by molar-refractivity contribution is 7.27. The Balaban J connectivity index is 0.000000101. The Labute approximate surface area is 717 Å². The first-order chi connectivity index (χ1) is 60.5. The summed E-state index contributed by atoms with van der Waals surface area (Å²) in [6.45, 7) is 0. The van der Waals surface area contributed by atoms with Crippen molar-refractivity contribution in [3.8, 4) is 67.3 Å². The molecule has 0 radical (unpaired) electrons. The molecule has 0 amide bonds. The maximum atomic E-state index is 2.44. The molecule has 0 unspecified atom stereocenters. The van der Waals surface area contributed by atoms with E-state index in [2.05, 4.69) is 443 Å². The van der Waals surface area contributed by atoms with Crippen molar-refractivity contribution in [1.29, 1.82) is 0 Å². The summed E-state index contributed by atoms with van der Waals surface area (Å²) in [5.74, 6) is 0. The second kappa shape index (κ2) is 28.5. The summed E-state index contributed by atoms with van der Waals surface area (Å²) >= 11 is 7.50. The topological polar surface area (TPSA) is 19.7 Å². The SMILES string of the molecule is c1cc(-n2c3ccccc3c3ccccc32)cc(-n2c3ccccc3c3cc4c(cc32)sc2ccccc24)c1.c1ccc(-c2cc(-c3ccccc3)cc(-c3ccc(-n4c5ccccc5c5cc6c(cc54)sc4ccccc46)cc3)c2)cc1.c1ccc2c(c1)sc1ccc(-c3ccc(-n4c5ccccc5c5cc6c(cc54)sc4ccccc46)cc3)cc12. The smallest absolute Gasteiger partial charge is 0.0555 e. The van der Waals surface area contributed by atoms with Crippen molar-refractivity contribution in [2.24, 2.45) is 0 Å². The summed E-state index contributed by atoms with van der Waals surface area (Å²) in [6, 6.07) is 155. The van der Waals surface area contributed by atoms with Gasteiger partial charge < -0.3 is 18.3 Å². The number of thiophene rings is 4. The Hall–Kier alpha value is -14.7. The Morgan fingerprint density at radius 1 is 0.115 bits per heavy atom. The van der Waals surface area contributed by atoms with Crippen molar-refractivity contribution in [3.63, 3.8) is 0 Å². The van der Waals surface area contributed by atoms with Gasteiger partial charge >= 0.3 is 0 Å². The first-order valence-corrected chi connectivity index (χ1v) is 44.7. The van der Waals surface area contributed by atoms with Gasteiger partial charge in [0.1, 0.15) is 0 Å². The van der Waals surface area contributed by atoms with Gasteiger partial charge in [0.2, 0.25) is 0 Å². The van der Waals surface area contributed by atoms with E-state index in [4.69, 9.17) is 0 Å². The lowest BCUT2D eigenvalue weighted by Gasteiger charge is -2.13. The van der Waals surface area contributed by atoms with Crippen LogP contribution in [0.1, 0.15) is 0 Å². The van der Waals surface area contributed by atoms with Crippen LogP contribution in [0.3, 0.4) is 0 Å². The zero-order valence-corrected chi connectivity index (χ0v) is 69.1. The predicted octanol–water partition coefficient (Wildman–Crippen LogP) is 33.6. The van der Waals surface area contributed by atoms with Crippen molar-refractivity contribution >= 4 is 213 Å². The van der Waals surface area contributed by atoms with Crippen LogP contribution in [0.5, 0.6) is 0 Å². The Kier molecular flexibility index (Phi) is 16.4. The largest absolute Gasteiger partial charge is 0.309 e. The van der Waals surface area contributed by atoms with Crippen molar-refractivity contribution < 1.29 is 0 Å². The number of aromatic nitrogens is 4. The molecule has 8 heteroatoms. The van der Waals surface area contributed by atoms with E-state index in [-0.39, 0.29) is 0 Å². The van der Waals surface area contributed by atoms with Crippen molar-refractivity contribution in [2.45, 2.75) is 0 Å². The van der Waals surface area contributed by atoms with E-state index < -0.39 is 0 Å². The quantitative estimate of drug-likeness (QED) is 0.144. The third-order valence-electron chi connectivity index (χ3n) is 24.9. The maximum Gasteiger partial charge on any atom is 0.0555 e. The van der Waals surface area contributed by atoms with E-state index in [1.807, 2.05) is 45.3 Å². The zero-order valence-electron chi connectivity index (χ0n) is 65.8. The standard InChI is InChI=1S/C42H27NS.C36H22N2S.C36H21NS2/c1-3-11-28(12-4-1)31-23-32(29-13-5-2-6-14-29)25-33(24-31)30-19-21-34(22-20-30)43-39-17-9-7-15-35(39)37-26-38-36-16-8-10-18-41(36)44-42(38)27-40(37)43;1-5-16-31-25(12-1)26-13-2-6-17-32(26)37(31)23-10-9-11-24(20-23)38-33-18-7-3-14-27(33)29-21-30-28-15-4-8-19-35(28)39-36(30)22-34(29)38;1-4-10-31-25(7-1)28-20-30-27-9-3-6-12-34(27)39-36(30)21-32(28)37(31)24-16-13-22(14-17-24)23-15-18-35-29(19-23)26-8-2-5-11-33(26)38-35/h1-27H;1-22H;1-21H. The van der Waals surface area contributed by atoms with Crippen LogP contribution in [0.4, 0.5) is 0 Å². The minimum absolute atomic E-state index is 1.17. The molecular weight excluding hydrogens is 1550 g/mol. The molecule has 0 aliphatic heterocycles. The maximum absolute atomic E-state index is 2.44. The van der Waals surface area contributed by atoms with Crippen LogP contribution in [0.2, 0.25) is 0 Å². The first kappa shape index (κ1) is 70.3. The minimum Gasteiger partial charge on any atom is -0.309 e. The molecule has 0 bridgehead atoms. The fourth-order valence-corrected chi connectivity index (χ4v) is 23.7. The molecule has 0 saturated heterocycles. The summed E-state index contributed by atoms with van der Waals surface area (Å²) in [7, 11) is 0. The summed E-state index contributed by atoms with van der Waals surface area (Å²) in [5.41, 5.74) is 24.4. The molecule has 0 saturated carbocycles. The van der Waals surface area contributed by atoms with Crippen molar-refractivity contribution in [1.82, 2.24) is 18.3 Å². The number of hydrogen-bond acceptors (Lipinski definition) is 4. The highest BCUT2D eigenvalue weighted by Crippen LogP contribution is 2.47. The second-order valence-corrected chi connectivity index (χ2v) is 36.1. The number of fused-ring (bicyclic) bond motifs is 24. The first-order valence-electron chi connectivity index (χ1n) is 41.5. The summed E-state index contributed by atoms with van der Waals surface area (Å²) < 4.78 is 20.4. The summed E-state index contributed by atoms with van der Waals surface area (Å²) in [5, 5.41) is 21.0. The van der Waals surface area contributed by atoms with Crippen molar-refractivity contribution in [3.05, 3.63) is 425 Å². The van der Waals surface area contributed by atoms with Crippen LogP contribution < -0.4 is 0 Å². The number of rotatable bonds is 8. The molecule has 8 aromatic heterocycles. The predicted molar refractivity (Wildman–Crippen MR) is 530 cm³/mol. The van der Waals surface area contributed by atoms with Crippen LogP contribution in [0, 0.1) is 0 Å². The molecule has 122 heavy (non-hydrogen) atoms. The number of benzene rings is 19. The van der Waals surface area contributed by atoms with Gasteiger partial charge in [-0.2, -0.15) is 0 Å². The lowest BCUT2D eigenvalue weighted by atomic mass is 9.93. The third kappa shape index (κ3) is 11.5. The highest BCUT2D eigenvalue weighted by Gasteiger charge is 2.22. The Morgan fingerprint density at radius 3 is 0.730 bits per heavy atom.